The second-order valence-electron chi connectivity index (χ2n) is 12.3. The average molecular weight is 588 g/mol. The van der Waals surface area contributed by atoms with Crippen molar-refractivity contribution in [1.82, 2.24) is 9.80 Å². The number of anilines is 2. The van der Waals surface area contributed by atoms with Crippen LogP contribution in [-0.4, -0.2) is 55.0 Å². The lowest BCUT2D eigenvalue weighted by Crippen LogP contribution is -2.34. The summed E-state index contributed by atoms with van der Waals surface area (Å²) >= 11 is 0. The van der Waals surface area contributed by atoms with Crippen LogP contribution in [0.1, 0.15) is 52.0 Å². The first-order valence-corrected chi connectivity index (χ1v) is 14.4. The van der Waals surface area contributed by atoms with Gasteiger partial charge in [-0.1, -0.05) is 38.7 Å². The number of rotatable bonds is 6. The lowest BCUT2D eigenvalue weighted by Gasteiger charge is -2.35. The first-order chi connectivity index (χ1) is 20.2. The zero-order valence-corrected chi connectivity index (χ0v) is 25.9. The summed E-state index contributed by atoms with van der Waals surface area (Å²) in [7, 11) is 5.23. The number of amides is 1. The van der Waals surface area contributed by atoms with Crippen molar-refractivity contribution < 1.29 is 18.3 Å². The van der Waals surface area contributed by atoms with Crippen LogP contribution >= 0.6 is 0 Å². The molecule has 7 nitrogen and oxygen atoms in total. The molecule has 0 fully saturated rings. The predicted molar refractivity (Wildman–Crippen MR) is 169 cm³/mol. The number of dihydropyridines is 1. The molecule has 0 saturated heterocycles. The Hall–Kier alpha value is -4.40. The number of hydrogen-bond acceptors (Lipinski definition) is 6. The molecule has 1 N–H and O–H groups in total. The number of ether oxygens (including phenoxy) is 1. The highest BCUT2D eigenvalue weighted by atomic mass is 19.2. The molecule has 0 aliphatic carbocycles. The molecular weight excluding hydrogens is 548 g/mol. The van der Waals surface area contributed by atoms with E-state index in [1.165, 1.54) is 11.9 Å². The maximum atomic E-state index is 15.7. The van der Waals surface area contributed by atoms with Gasteiger partial charge in [0.15, 0.2) is 11.6 Å². The van der Waals surface area contributed by atoms with Gasteiger partial charge in [0.1, 0.15) is 11.8 Å². The Morgan fingerprint density at radius 1 is 1.19 bits per heavy atom. The van der Waals surface area contributed by atoms with E-state index in [9.17, 15) is 4.79 Å². The molecule has 4 aliphatic heterocycles. The molecule has 4 aliphatic rings. The molecular formula is C34H39F2N5O2. The summed E-state index contributed by atoms with van der Waals surface area (Å²) in [6, 6.07) is 1.02. The molecule has 9 heteroatoms. The Labute approximate surface area is 252 Å². The molecule has 4 heterocycles. The first kappa shape index (κ1) is 30.1. The van der Waals surface area contributed by atoms with Gasteiger partial charge in [-0.3, -0.25) is 9.89 Å². The van der Waals surface area contributed by atoms with Gasteiger partial charge in [-0.2, -0.15) is 0 Å². The van der Waals surface area contributed by atoms with Crippen LogP contribution < -0.4 is 10.2 Å². The van der Waals surface area contributed by atoms with Crippen LogP contribution in [0.15, 0.2) is 94.1 Å². The van der Waals surface area contributed by atoms with Crippen molar-refractivity contribution in [3.05, 3.63) is 106 Å². The van der Waals surface area contributed by atoms with Gasteiger partial charge >= 0.3 is 6.09 Å². The van der Waals surface area contributed by atoms with Crippen molar-refractivity contribution in [3.8, 4) is 0 Å². The second-order valence-corrected chi connectivity index (χ2v) is 12.3. The monoisotopic (exact) mass is 587 g/mol. The van der Waals surface area contributed by atoms with E-state index in [0.717, 1.165) is 58.3 Å². The number of aliphatic imine (C=N–C) groups is 1. The van der Waals surface area contributed by atoms with Gasteiger partial charge in [0.25, 0.3) is 0 Å². The van der Waals surface area contributed by atoms with Gasteiger partial charge in [0, 0.05) is 79.0 Å². The molecule has 0 radical (unpaired) electrons. The van der Waals surface area contributed by atoms with Gasteiger partial charge in [-0.05, 0) is 44.9 Å². The molecule has 2 atom stereocenters. The molecule has 1 aromatic carbocycles. The van der Waals surface area contributed by atoms with E-state index in [0.29, 0.717) is 5.69 Å². The summed E-state index contributed by atoms with van der Waals surface area (Å²) in [5.41, 5.74) is 6.07. The number of nitrogens with one attached hydrogen (secondary N) is 1. The molecule has 0 saturated carbocycles. The highest BCUT2D eigenvalue weighted by Crippen LogP contribution is 2.51. The van der Waals surface area contributed by atoms with Crippen LogP contribution in [0.25, 0.3) is 0 Å². The lowest BCUT2D eigenvalue weighted by atomic mass is 9.86. The number of benzene rings is 1. The van der Waals surface area contributed by atoms with E-state index in [1.807, 2.05) is 48.3 Å². The summed E-state index contributed by atoms with van der Waals surface area (Å²) in [5, 5.41) is 3.26. The van der Waals surface area contributed by atoms with Crippen LogP contribution in [0.3, 0.4) is 0 Å². The normalized spacial score (nSPS) is 20.4. The fraction of sp³-hybridized carbons (Fsp3) is 0.353. The minimum absolute atomic E-state index is 0.123. The first-order valence-electron chi connectivity index (χ1n) is 14.4. The maximum absolute atomic E-state index is 15.7. The lowest BCUT2D eigenvalue weighted by molar-refractivity contribution is 0.0589. The molecule has 0 bridgehead atoms. The third-order valence-electron chi connectivity index (χ3n) is 7.85. The van der Waals surface area contributed by atoms with E-state index in [-0.39, 0.29) is 11.3 Å². The largest absolute Gasteiger partial charge is 0.443 e. The van der Waals surface area contributed by atoms with E-state index in [4.69, 9.17) is 9.73 Å². The van der Waals surface area contributed by atoms with Crippen molar-refractivity contribution >= 4 is 23.7 Å². The zero-order valence-electron chi connectivity index (χ0n) is 25.9. The Balaban J connectivity index is 1.58. The topological polar surface area (TPSA) is 60.4 Å². The van der Waals surface area contributed by atoms with Crippen molar-refractivity contribution in [1.29, 1.82) is 0 Å². The predicted octanol–water partition coefficient (Wildman–Crippen LogP) is 7.52. The van der Waals surface area contributed by atoms with Crippen molar-refractivity contribution in [2.75, 3.05) is 31.4 Å². The zero-order chi connectivity index (χ0) is 31.4. The molecule has 43 heavy (non-hydrogen) atoms. The van der Waals surface area contributed by atoms with Gasteiger partial charge in [0.05, 0.1) is 17.3 Å². The fourth-order valence-electron chi connectivity index (χ4n) is 5.89. The third kappa shape index (κ3) is 5.32. The minimum atomic E-state index is -1.05. The number of carbonyl (C=O) groups excluding carboxylic acids is 1. The average Bonchev–Trinajstić information content (AvgIpc) is 3.33. The standard InChI is InChI=1S/C34H39F2N5O2/c1-10-11-19(2)23-15-14-22-13-12-21(18-41(22)20(23)3)24-17-37-32-28(31(24)39(7)8)27-29(36)25(35)16-26(30(27)38-32)40(9)33(42)43-34(4,5)6/h12-18,28,32,38H,2-3,10-11H2,1,4-9H3. The van der Waals surface area contributed by atoms with Gasteiger partial charge in [-0.15, -0.1) is 0 Å². The third-order valence-corrected chi connectivity index (χ3v) is 7.85. The number of allylic oxidation sites excluding steroid dienone is 7. The molecule has 2 unspecified atom stereocenters. The molecule has 1 aromatic rings. The molecule has 5 rings (SSSR count). The van der Waals surface area contributed by atoms with Crippen LogP contribution in [-0.2, 0) is 4.74 Å². The highest BCUT2D eigenvalue weighted by molar-refractivity contribution is 5.95. The quantitative estimate of drug-likeness (QED) is 0.373. The molecule has 226 valence electrons. The summed E-state index contributed by atoms with van der Waals surface area (Å²) in [5.74, 6) is -2.68. The van der Waals surface area contributed by atoms with Crippen molar-refractivity contribution in [2.24, 2.45) is 4.99 Å². The SMILES string of the molecule is C=C(CCC)C1=CC=C2C=CC(C3=C(N(C)C)C4c5c(F)c(F)cc(N(C)C(=O)OC(C)(C)C)c5NC4N=C3)=CN2C1=C. The maximum Gasteiger partial charge on any atom is 0.414 e. The Kier molecular flexibility index (Phi) is 7.71. The minimum Gasteiger partial charge on any atom is -0.443 e. The Morgan fingerprint density at radius 2 is 1.91 bits per heavy atom. The highest BCUT2D eigenvalue weighted by Gasteiger charge is 2.44. The van der Waals surface area contributed by atoms with E-state index in [2.05, 4.69) is 31.5 Å². The van der Waals surface area contributed by atoms with E-state index in [1.54, 1.807) is 27.0 Å². The number of nitrogens with zero attached hydrogens (tertiary/aromatic N) is 4. The van der Waals surface area contributed by atoms with E-state index < -0.39 is 35.4 Å². The number of likely N-dealkylation sites (N-methyl/N-ethyl adjacent to an activating group) is 1. The van der Waals surface area contributed by atoms with Crippen LogP contribution in [0, 0.1) is 11.6 Å². The number of hydrogen-bond donors (Lipinski definition) is 1. The van der Waals surface area contributed by atoms with Crippen LogP contribution in [0.4, 0.5) is 25.0 Å². The van der Waals surface area contributed by atoms with Gasteiger partial charge < -0.3 is 19.9 Å². The fourth-order valence-corrected chi connectivity index (χ4v) is 5.89. The van der Waals surface area contributed by atoms with Crippen molar-refractivity contribution in [3.63, 3.8) is 0 Å². The number of fused-ring (bicyclic) bond motifs is 4. The van der Waals surface area contributed by atoms with Gasteiger partial charge in [-0.25, -0.2) is 13.6 Å². The summed E-state index contributed by atoms with van der Waals surface area (Å²) in [6.07, 6.45) is 12.4. The van der Waals surface area contributed by atoms with Gasteiger partial charge in [0.2, 0.25) is 0 Å². The second kappa shape index (κ2) is 11.0. The van der Waals surface area contributed by atoms with Crippen LogP contribution in [0.2, 0.25) is 0 Å². The summed E-state index contributed by atoms with van der Waals surface area (Å²) in [4.78, 5) is 22.8. The van der Waals surface area contributed by atoms with Crippen molar-refractivity contribution in [2.45, 2.75) is 58.2 Å². The molecule has 0 aromatic heterocycles. The molecule has 1 amide bonds. The summed E-state index contributed by atoms with van der Waals surface area (Å²) in [6.45, 7) is 16.0. The Bertz CT molecular complexity index is 1600. The smallest absolute Gasteiger partial charge is 0.414 e. The Morgan fingerprint density at radius 3 is 2.56 bits per heavy atom. The number of halogens is 2. The molecule has 0 spiro atoms. The van der Waals surface area contributed by atoms with E-state index >= 15 is 8.78 Å². The number of carbonyl (C=O) groups is 1. The van der Waals surface area contributed by atoms with Crippen LogP contribution in [0.5, 0.6) is 0 Å². The summed E-state index contributed by atoms with van der Waals surface area (Å²) < 4.78 is 36.5.